The highest BCUT2D eigenvalue weighted by Crippen LogP contribution is 2.25. The molecule has 1 N–H and O–H groups in total. The first-order chi connectivity index (χ1) is 13.1. The molecule has 0 aliphatic heterocycles. The molecule has 0 radical (unpaired) electrons. The number of aryl methyl sites for hydroxylation is 1. The summed E-state index contributed by atoms with van der Waals surface area (Å²) in [5, 5.41) is 9.67. The van der Waals surface area contributed by atoms with E-state index in [9.17, 15) is 9.18 Å². The van der Waals surface area contributed by atoms with Crippen molar-refractivity contribution in [2.45, 2.75) is 6.92 Å². The zero-order valence-corrected chi connectivity index (χ0v) is 15.2. The number of benzene rings is 2. The lowest BCUT2D eigenvalue weighted by molar-refractivity contribution is 0.102. The van der Waals surface area contributed by atoms with Crippen LogP contribution in [0.25, 0.3) is 16.9 Å². The van der Waals surface area contributed by atoms with Crippen LogP contribution in [0.1, 0.15) is 15.9 Å². The Hall–Kier alpha value is -3.32. The quantitative estimate of drug-likeness (QED) is 0.560. The topological polar surface area (TPSA) is 59.8 Å². The molecular formula is C20H15FN4OS. The maximum Gasteiger partial charge on any atom is 0.261 e. The third kappa shape index (κ3) is 3.63. The molecule has 0 aliphatic carbocycles. The van der Waals surface area contributed by atoms with Gasteiger partial charge in [-0.25, -0.2) is 14.1 Å². The van der Waals surface area contributed by atoms with E-state index in [1.54, 1.807) is 34.6 Å². The number of rotatable bonds is 4. The van der Waals surface area contributed by atoms with Crippen molar-refractivity contribution in [3.63, 3.8) is 0 Å². The number of nitrogens with one attached hydrogen (secondary N) is 1. The molecule has 4 aromatic rings. The fourth-order valence-corrected chi connectivity index (χ4v) is 3.16. The Morgan fingerprint density at radius 3 is 2.52 bits per heavy atom. The predicted molar refractivity (Wildman–Crippen MR) is 104 cm³/mol. The Morgan fingerprint density at radius 2 is 1.85 bits per heavy atom. The fourth-order valence-electron chi connectivity index (χ4n) is 2.64. The van der Waals surface area contributed by atoms with Crippen LogP contribution in [-0.4, -0.2) is 20.7 Å². The zero-order valence-electron chi connectivity index (χ0n) is 14.4. The summed E-state index contributed by atoms with van der Waals surface area (Å²) in [4.78, 5) is 16.9. The maximum atomic E-state index is 13.2. The lowest BCUT2D eigenvalue weighted by Crippen LogP contribution is -2.12. The van der Waals surface area contributed by atoms with Crippen LogP contribution in [0.2, 0.25) is 0 Å². The molecule has 0 atom stereocenters. The minimum atomic E-state index is -0.327. The molecule has 5 nitrogen and oxygen atoms in total. The van der Waals surface area contributed by atoms with Crippen molar-refractivity contribution in [1.82, 2.24) is 14.8 Å². The number of carbonyl (C=O) groups is 1. The van der Waals surface area contributed by atoms with Crippen LogP contribution in [-0.2, 0) is 0 Å². The van der Waals surface area contributed by atoms with E-state index < -0.39 is 0 Å². The summed E-state index contributed by atoms with van der Waals surface area (Å²) < 4.78 is 14.8. The molecular weight excluding hydrogens is 363 g/mol. The van der Waals surface area contributed by atoms with Gasteiger partial charge in [0, 0.05) is 23.3 Å². The molecule has 134 valence electrons. The van der Waals surface area contributed by atoms with Gasteiger partial charge in [0.15, 0.2) is 5.13 Å². The molecule has 2 aromatic heterocycles. The van der Waals surface area contributed by atoms with Gasteiger partial charge >= 0.3 is 0 Å². The number of hydrogen-bond acceptors (Lipinski definition) is 4. The summed E-state index contributed by atoms with van der Waals surface area (Å²) >= 11 is 1.34. The molecule has 2 aromatic carbocycles. The second-order valence-corrected chi connectivity index (χ2v) is 6.86. The van der Waals surface area contributed by atoms with Gasteiger partial charge in [-0.05, 0) is 31.2 Å². The standard InChI is InChI=1S/C20H15FN4OS/c1-13-2-4-14(5-3-13)18-17(19(26)23-20-22-10-11-27-20)12-25(24-18)16-8-6-15(21)7-9-16/h2-12H,1H3,(H,22,23,26). The molecule has 1 amide bonds. The Bertz CT molecular complexity index is 1070. The summed E-state index contributed by atoms with van der Waals surface area (Å²) in [5.41, 5.74) is 3.57. The molecule has 0 bridgehead atoms. The number of amides is 1. The number of aromatic nitrogens is 3. The normalized spacial score (nSPS) is 10.7. The van der Waals surface area contributed by atoms with Crippen LogP contribution >= 0.6 is 11.3 Å². The SMILES string of the molecule is Cc1ccc(-c2nn(-c3ccc(F)cc3)cc2C(=O)Nc2nccs2)cc1. The number of thiazole rings is 1. The zero-order chi connectivity index (χ0) is 18.8. The average Bonchev–Trinajstić information content (AvgIpc) is 3.33. The maximum absolute atomic E-state index is 13.2. The minimum Gasteiger partial charge on any atom is -0.298 e. The van der Waals surface area contributed by atoms with Crippen molar-refractivity contribution in [1.29, 1.82) is 0 Å². The Morgan fingerprint density at radius 1 is 1.11 bits per heavy atom. The Kier molecular flexibility index (Phi) is 4.52. The van der Waals surface area contributed by atoms with Gasteiger partial charge in [-0.15, -0.1) is 11.3 Å². The molecule has 0 fully saturated rings. The Balaban J connectivity index is 1.78. The van der Waals surface area contributed by atoms with Crippen LogP contribution in [0, 0.1) is 12.7 Å². The van der Waals surface area contributed by atoms with Crippen LogP contribution < -0.4 is 5.32 Å². The molecule has 0 saturated heterocycles. The van der Waals surface area contributed by atoms with Crippen LogP contribution in [0.3, 0.4) is 0 Å². The number of hydrogen-bond donors (Lipinski definition) is 1. The van der Waals surface area contributed by atoms with E-state index >= 15 is 0 Å². The second-order valence-electron chi connectivity index (χ2n) is 5.97. The molecule has 0 unspecified atom stereocenters. The first-order valence-corrected chi connectivity index (χ1v) is 9.11. The van der Waals surface area contributed by atoms with Crippen molar-refractivity contribution < 1.29 is 9.18 Å². The summed E-state index contributed by atoms with van der Waals surface area (Å²) in [5.74, 6) is -0.625. The summed E-state index contributed by atoms with van der Waals surface area (Å²) in [6.07, 6.45) is 3.27. The highest BCUT2D eigenvalue weighted by molar-refractivity contribution is 7.13. The van der Waals surface area contributed by atoms with Crippen LogP contribution in [0.4, 0.5) is 9.52 Å². The first-order valence-electron chi connectivity index (χ1n) is 8.23. The van der Waals surface area contributed by atoms with Gasteiger partial charge in [0.25, 0.3) is 5.91 Å². The van der Waals surface area contributed by atoms with Crippen LogP contribution in [0.15, 0.2) is 66.3 Å². The van der Waals surface area contributed by atoms with Crippen molar-refractivity contribution in [3.05, 3.63) is 83.2 Å². The largest absolute Gasteiger partial charge is 0.298 e. The number of carbonyl (C=O) groups excluding carboxylic acids is 1. The molecule has 0 aliphatic rings. The monoisotopic (exact) mass is 378 g/mol. The predicted octanol–water partition coefficient (Wildman–Crippen LogP) is 4.70. The van der Waals surface area contributed by atoms with Gasteiger partial charge in [-0.1, -0.05) is 29.8 Å². The number of anilines is 1. The highest BCUT2D eigenvalue weighted by atomic mass is 32.1. The summed E-state index contributed by atoms with van der Waals surface area (Å²) in [6.45, 7) is 2.00. The lowest BCUT2D eigenvalue weighted by atomic mass is 10.1. The minimum absolute atomic E-state index is 0.297. The van der Waals surface area contributed by atoms with E-state index in [-0.39, 0.29) is 11.7 Å². The van der Waals surface area contributed by atoms with Crippen molar-refractivity contribution >= 4 is 22.4 Å². The number of halogens is 1. The van der Waals surface area contributed by atoms with Gasteiger partial charge in [0.05, 0.1) is 11.3 Å². The first kappa shape index (κ1) is 17.1. The fraction of sp³-hybridized carbons (Fsp3) is 0.0500. The van der Waals surface area contributed by atoms with Gasteiger partial charge in [0.1, 0.15) is 11.5 Å². The van der Waals surface area contributed by atoms with E-state index in [0.29, 0.717) is 22.1 Å². The summed E-state index contributed by atoms with van der Waals surface area (Å²) in [7, 11) is 0. The molecule has 0 saturated carbocycles. The number of nitrogens with zero attached hydrogens (tertiary/aromatic N) is 3. The molecule has 7 heteroatoms. The van der Waals surface area contributed by atoms with Crippen molar-refractivity contribution in [2.75, 3.05) is 5.32 Å². The summed E-state index contributed by atoms with van der Waals surface area (Å²) in [6, 6.07) is 13.7. The highest BCUT2D eigenvalue weighted by Gasteiger charge is 2.19. The molecule has 2 heterocycles. The molecule has 4 rings (SSSR count). The van der Waals surface area contributed by atoms with E-state index in [4.69, 9.17) is 0 Å². The van der Waals surface area contributed by atoms with Crippen molar-refractivity contribution in [2.24, 2.45) is 0 Å². The second kappa shape index (κ2) is 7.13. The molecule has 0 spiro atoms. The molecule has 27 heavy (non-hydrogen) atoms. The third-order valence-corrected chi connectivity index (χ3v) is 4.72. The van der Waals surface area contributed by atoms with E-state index in [2.05, 4.69) is 15.4 Å². The Labute approximate surface area is 159 Å². The van der Waals surface area contributed by atoms with Gasteiger partial charge < -0.3 is 0 Å². The van der Waals surface area contributed by atoms with Gasteiger partial charge in [-0.3, -0.25) is 10.1 Å². The van der Waals surface area contributed by atoms with Crippen LogP contribution in [0.5, 0.6) is 0 Å². The van der Waals surface area contributed by atoms with E-state index in [1.165, 1.54) is 23.5 Å². The van der Waals surface area contributed by atoms with E-state index in [1.807, 2.05) is 31.2 Å². The van der Waals surface area contributed by atoms with Gasteiger partial charge in [-0.2, -0.15) is 5.10 Å². The average molecular weight is 378 g/mol. The third-order valence-electron chi connectivity index (χ3n) is 4.03. The van der Waals surface area contributed by atoms with Crippen molar-refractivity contribution in [3.8, 4) is 16.9 Å². The van der Waals surface area contributed by atoms with E-state index in [0.717, 1.165) is 11.1 Å². The van der Waals surface area contributed by atoms with Gasteiger partial charge in [0.2, 0.25) is 0 Å². The smallest absolute Gasteiger partial charge is 0.261 e. The lowest BCUT2D eigenvalue weighted by Gasteiger charge is -2.03.